The van der Waals surface area contributed by atoms with Crippen LogP contribution in [0.2, 0.25) is 5.02 Å². The molecule has 1 saturated heterocycles. The zero-order chi connectivity index (χ0) is 17.5. The van der Waals surface area contributed by atoms with Crippen molar-refractivity contribution in [3.8, 4) is 0 Å². The van der Waals surface area contributed by atoms with Crippen LogP contribution < -0.4 is 5.32 Å². The number of carboxylic acid groups (broad SMARTS) is 1. The number of nitrogens with zero attached hydrogens (tertiary/aromatic N) is 1. The molecule has 0 unspecified atom stereocenters. The number of amides is 2. The van der Waals surface area contributed by atoms with Crippen LogP contribution >= 0.6 is 11.6 Å². The van der Waals surface area contributed by atoms with Gasteiger partial charge in [0.25, 0.3) is 6.43 Å². The first-order valence-electron chi connectivity index (χ1n) is 7.71. The molecule has 24 heavy (non-hydrogen) atoms. The number of alkyl halides is 2. The van der Waals surface area contributed by atoms with Crippen LogP contribution in [0.25, 0.3) is 0 Å². The van der Waals surface area contributed by atoms with E-state index in [4.69, 9.17) is 11.6 Å². The van der Waals surface area contributed by atoms with E-state index in [0.29, 0.717) is 13.0 Å². The molecule has 1 aliphatic heterocycles. The number of carbonyl (C=O) groups excluding carboxylic acids is 1. The molecule has 2 fully saturated rings. The molecule has 0 spiro atoms. The van der Waals surface area contributed by atoms with E-state index in [1.807, 2.05) is 0 Å². The highest BCUT2D eigenvalue weighted by Gasteiger charge is 2.55. The molecule has 2 amide bonds. The predicted octanol–water partition coefficient (Wildman–Crippen LogP) is 4.00. The fourth-order valence-corrected chi connectivity index (χ4v) is 4.06. The smallest absolute Gasteiger partial charge is 0.321 e. The molecule has 0 bridgehead atoms. The van der Waals surface area contributed by atoms with Crippen molar-refractivity contribution in [2.45, 2.75) is 25.7 Å². The zero-order valence-electron chi connectivity index (χ0n) is 12.8. The lowest BCUT2D eigenvalue weighted by Crippen LogP contribution is -2.38. The minimum absolute atomic E-state index is 0.0661. The standard InChI is InChI=1S/C16H17ClF2N2O3/c17-12-10(13(18)19)4-1-5-11(12)20-15(24)21-7-9-3-2-6-16(9,8-21)14(22)23/h1,4-5,9,13H,2-3,6-8H2,(H,20,24)(H,22,23)/t9-,16+/m0/s1. The number of aliphatic carboxylic acids is 1. The summed E-state index contributed by atoms with van der Waals surface area (Å²) in [5.41, 5.74) is -1.14. The van der Waals surface area contributed by atoms with E-state index >= 15 is 0 Å². The summed E-state index contributed by atoms with van der Waals surface area (Å²) in [4.78, 5) is 25.5. The maximum atomic E-state index is 12.9. The average molecular weight is 359 g/mol. The highest BCUT2D eigenvalue weighted by molar-refractivity contribution is 6.34. The minimum atomic E-state index is -2.74. The van der Waals surface area contributed by atoms with Crippen LogP contribution in [-0.4, -0.2) is 35.1 Å². The molecule has 8 heteroatoms. The number of benzene rings is 1. The van der Waals surface area contributed by atoms with Crippen molar-refractivity contribution in [1.29, 1.82) is 0 Å². The summed E-state index contributed by atoms with van der Waals surface area (Å²) in [7, 11) is 0. The number of fused-ring (bicyclic) bond motifs is 1. The van der Waals surface area contributed by atoms with E-state index in [1.165, 1.54) is 23.1 Å². The second-order valence-corrected chi connectivity index (χ2v) is 6.75. The van der Waals surface area contributed by atoms with E-state index in [2.05, 4.69) is 5.32 Å². The van der Waals surface area contributed by atoms with E-state index in [1.54, 1.807) is 0 Å². The predicted molar refractivity (Wildman–Crippen MR) is 84.4 cm³/mol. The van der Waals surface area contributed by atoms with Crippen molar-refractivity contribution >= 4 is 29.3 Å². The van der Waals surface area contributed by atoms with Gasteiger partial charge in [-0.2, -0.15) is 0 Å². The minimum Gasteiger partial charge on any atom is -0.481 e. The molecule has 5 nitrogen and oxygen atoms in total. The first-order valence-corrected chi connectivity index (χ1v) is 8.09. The number of hydrogen-bond acceptors (Lipinski definition) is 2. The second-order valence-electron chi connectivity index (χ2n) is 6.37. The third kappa shape index (κ3) is 2.70. The van der Waals surface area contributed by atoms with Gasteiger partial charge in [-0.05, 0) is 24.8 Å². The first-order chi connectivity index (χ1) is 11.3. The monoisotopic (exact) mass is 358 g/mol. The summed E-state index contributed by atoms with van der Waals surface area (Å²) >= 11 is 5.92. The van der Waals surface area contributed by atoms with Gasteiger partial charge >= 0.3 is 12.0 Å². The van der Waals surface area contributed by atoms with Crippen molar-refractivity contribution in [1.82, 2.24) is 4.90 Å². The van der Waals surface area contributed by atoms with Gasteiger partial charge in [-0.3, -0.25) is 4.79 Å². The molecule has 1 aromatic carbocycles. The summed E-state index contributed by atoms with van der Waals surface area (Å²) in [6.07, 6.45) is -0.569. The SMILES string of the molecule is O=C(Nc1cccc(C(F)F)c1Cl)N1C[C@@H]2CCC[C@@]2(C(=O)O)C1. The van der Waals surface area contributed by atoms with Gasteiger partial charge < -0.3 is 15.3 Å². The lowest BCUT2D eigenvalue weighted by Gasteiger charge is -2.23. The maximum absolute atomic E-state index is 12.9. The third-order valence-corrected chi connectivity index (χ3v) is 5.51. The Morgan fingerprint density at radius 2 is 2.17 bits per heavy atom. The van der Waals surface area contributed by atoms with E-state index in [0.717, 1.165) is 12.8 Å². The van der Waals surface area contributed by atoms with Gasteiger partial charge in [-0.25, -0.2) is 13.6 Å². The van der Waals surface area contributed by atoms with Gasteiger partial charge in [0.2, 0.25) is 0 Å². The Kier molecular flexibility index (Phi) is 4.38. The molecule has 1 saturated carbocycles. The Labute approximate surface area is 142 Å². The number of likely N-dealkylation sites (tertiary alicyclic amines) is 1. The molecule has 0 radical (unpaired) electrons. The summed E-state index contributed by atoms with van der Waals surface area (Å²) in [5, 5.41) is 11.9. The Hall–Kier alpha value is -1.89. The number of hydrogen-bond donors (Lipinski definition) is 2. The number of rotatable bonds is 3. The fourth-order valence-electron chi connectivity index (χ4n) is 3.80. The van der Waals surface area contributed by atoms with Gasteiger partial charge in [0.1, 0.15) is 0 Å². The Balaban J connectivity index is 1.75. The van der Waals surface area contributed by atoms with Crippen LogP contribution in [0, 0.1) is 11.3 Å². The normalized spacial score (nSPS) is 25.8. The molecular weight excluding hydrogens is 342 g/mol. The molecule has 2 atom stereocenters. The topological polar surface area (TPSA) is 69.6 Å². The number of nitrogens with one attached hydrogen (secondary N) is 1. The number of carbonyl (C=O) groups is 2. The van der Waals surface area contributed by atoms with Crippen LogP contribution in [0.5, 0.6) is 0 Å². The lowest BCUT2D eigenvalue weighted by molar-refractivity contribution is -0.149. The van der Waals surface area contributed by atoms with Crippen LogP contribution in [-0.2, 0) is 4.79 Å². The summed E-state index contributed by atoms with van der Waals surface area (Å²) < 4.78 is 25.7. The number of urea groups is 1. The molecule has 2 N–H and O–H groups in total. The van der Waals surface area contributed by atoms with Crippen molar-refractivity contribution in [2.24, 2.45) is 11.3 Å². The number of anilines is 1. The fraction of sp³-hybridized carbons (Fsp3) is 0.500. The highest BCUT2D eigenvalue weighted by Crippen LogP contribution is 2.49. The summed E-state index contributed by atoms with van der Waals surface area (Å²) in [6, 6.07) is 3.51. The molecule has 1 heterocycles. The Morgan fingerprint density at radius 3 is 2.79 bits per heavy atom. The van der Waals surface area contributed by atoms with Crippen LogP contribution in [0.4, 0.5) is 19.3 Å². The molecule has 1 aliphatic carbocycles. The van der Waals surface area contributed by atoms with Gasteiger partial charge in [0.15, 0.2) is 0 Å². The molecule has 2 aliphatic rings. The van der Waals surface area contributed by atoms with Crippen molar-refractivity contribution < 1.29 is 23.5 Å². The number of halogens is 3. The molecule has 1 aromatic rings. The summed E-state index contributed by atoms with van der Waals surface area (Å²) in [5.74, 6) is -0.943. The Bertz CT molecular complexity index is 685. The molecular formula is C16H17ClF2N2O3. The highest BCUT2D eigenvalue weighted by atomic mass is 35.5. The summed E-state index contributed by atoms with van der Waals surface area (Å²) in [6.45, 7) is 0.481. The third-order valence-electron chi connectivity index (χ3n) is 5.09. The van der Waals surface area contributed by atoms with Crippen molar-refractivity contribution in [3.05, 3.63) is 28.8 Å². The van der Waals surface area contributed by atoms with Crippen LogP contribution in [0.1, 0.15) is 31.3 Å². The molecule has 0 aromatic heterocycles. The van der Waals surface area contributed by atoms with Crippen LogP contribution in [0.3, 0.4) is 0 Å². The van der Waals surface area contributed by atoms with Gasteiger partial charge in [-0.1, -0.05) is 30.2 Å². The maximum Gasteiger partial charge on any atom is 0.321 e. The van der Waals surface area contributed by atoms with Crippen molar-refractivity contribution in [3.63, 3.8) is 0 Å². The van der Waals surface area contributed by atoms with Crippen molar-refractivity contribution in [2.75, 3.05) is 18.4 Å². The Morgan fingerprint density at radius 1 is 1.42 bits per heavy atom. The van der Waals surface area contributed by atoms with Gasteiger partial charge in [-0.15, -0.1) is 0 Å². The lowest BCUT2D eigenvalue weighted by atomic mass is 9.81. The molecule has 130 valence electrons. The largest absolute Gasteiger partial charge is 0.481 e. The zero-order valence-corrected chi connectivity index (χ0v) is 13.5. The van der Waals surface area contributed by atoms with Crippen LogP contribution in [0.15, 0.2) is 18.2 Å². The number of carboxylic acids is 1. The van der Waals surface area contributed by atoms with E-state index in [9.17, 15) is 23.5 Å². The second kappa shape index (κ2) is 6.20. The van der Waals surface area contributed by atoms with Gasteiger partial charge in [0, 0.05) is 18.7 Å². The average Bonchev–Trinajstić information content (AvgIpc) is 3.07. The quantitative estimate of drug-likeness (QED) is 0.858. The first kappa shape index (κ1) is 17.0. The van der Waals surface area contributed by atoms with E-state index < -0.39 is 23.8 Å². The molecule has 3 rings (SSSR count). The van der Waals surface area contributed by atoms with Gasteiger partial charge in [0.05, 0.1) is 16.1 Å². The van der Waals surface area contributed by atoms with E-state index in [-0.39, 0.29) is 28.7 Å².